The Balaban J connectivity index is 1.89. The molecular weight excluding hydrogens is 330 g/mol. The number of halogens is 1. The van der Waals surface area contributed by atoms with E-state index in [2.05, 4.69) is 35.0 Å². The van der Waals surface area contributed by atoms with Crippen LogP contribution in [0.4, 0.5) is 0 Å². The fraction of sp³-hybridized carbons (Fsp3) is 0.765. The van der Waals surface area contributed by atoms with Gasteiger partial charge in [0.15, 0.2) is 0 Å². The third-order valence-electron chi connectivity index (χ3n) is 3.83. The van der Waals surface area contributed by atoms with Gasteiger partial charge in [0.25, 0.3) is 0 Å². The van der Waals surface area contributed by atoms with Crippen molar-refractivity contribution in [3.8, 4) is 0 Å². The molecule has 0 fully saturated rings. The van der Waals surface area contributed by atoms with E-state index in [-0.39, 0.29) is 6.04 Å². The van der Waals surface area contributed by atoms with Gasteiger partial charge in [-0.15, -0.1) is 11.3 Å². The van der Waals surface area contributed by atoms with E-state index in [9.17, 15) is 0 Å². The summed E-state index contributed by atoms with van der Waals surface area (Å²) in [5.74, 6) is 0. The van der Waals surface area contributed by atoms with Gasteiger partial charge < -0.3 is 5.73 Å². The lowest BCUT2D eigenvalue weighted by Gasteiger charge is -2.09. The van der Waals surface area contributed by atoms with E-state index >= 15 is 0 Å². The van der Waals surface area contributed by atoms with E-state index in [0.29, 0.717) is 0 Å². The van der Waals surface area contributed by atoms with Crippen LogP contribution in [0.25, 0.3) is 0 Å². The molecule has 0 aliphatic carbocycles. The number of unbranched alkanes of at least 4 members (excludes halogenated alkanes) is 9. The van der Waals surface area contributed by atoms with Crippen LogP contribution in [0.3, 0.4) is 0 Å². The molecule has 1 unspecified atom stereocenters. The monoisotopic (exact) mass is 359 g/mol. The highest BCUT2D eigenvalue weighted by molar-refractivity contribution is 9.11. The number of nitrogens with two attached hydrogens (primary N) is 1. The van der Waals surface area contributed by atoms with E-state index in [1.54, 1.807) is 11.3 Å². The van der Waals surface area contributed by atoms with Crippen molar-refractivity contribution in [1.82, 2.24) is 0 Å². The molecule has 0 saturated heterocycles. The second kappa shape index (κ2) is 11.8. The average molecular weight is 360 g/mol. The van der Waals surface area contributed by atoms with Crippen molar-refractivity contribution in [3.05, 3.63) is 20.8 Å². The summed E-state index contributed by atoms with van der Waals surface area (Å²) in [6.45, 7) is 2.28. The van der Waals surface area contributed by atoms with Crippen LogP contribution in [0.5, 0.6) is 0 Å². The Morgan fingerprint density at radius 3 is 2.00 bits per heavy atom. The molecule has 0 amide bonds. The first-order chi connectivity index (χ1) is 9.74. The van der Waals surface area contributed by atoms with Crippen molar-refractivity contribution in [2.45, 2.75) is 83.6 Å². The third kappa shape index (κ3) is 8.43. The average Bonchev–Trinajstić information content (AvgIpc) is 2.87. The Bertz CT molecular complexity index is 337. The first-order valence-electron chi connectivity index (χ1n) is 8.25. The van der Waals surface area contributed by atoms with Gasteiger partial charge in [0, 0.05) is 10.9 Å². The lowest BCUT2D eigenvalue weighted by atomic mass is 10.0. The molecule has 116 valence electrons. The van der Waals surface area contributed by atoms with Crippen molar-refractivity contribution in [3.63, 3.8) is 0 Å². The number of thiophene rings is 1. The van der Waals surface area contributed by atoms with E-state index < -0.39 is 0 Å². The van der Waals surface area contributed by atoms with Gasteiger partial charge in [0.05, 0.1) is 3.79 Å². The molecule has 1 rings (SSSR count). The van der Waals surface area contributed by atoms with Crippen LogP contribution in [0.15, 0.2) is 15.9 Å². The highest BCUT2D eigenvalue weighted by Crippen LogP contribution is 2.28. The maximum atomic E-state index is 6.21. The lowest BCUT2D eigenvalue weighted by Crippen LogP contribution is -2.08. The highest BCUT2D eigenvalue weighted by atomic mass is 79.9. The quantitative estimate of drug-likeness (QED) is 0.407. The summed E-state index contributed by atoms with van der Waals surface area (Å²) in [7, 11) is 0. The van der Waals surface area contributed by atoms with E-state index in [4.69, 9.17) is 5.73 Å². The summed E-state index contributed by atoms with van der Waals surface area (Å²) in [6, 6.07) is 4.48. The Morgan fingerprint density at radius 2 is 1.50 bits per heavy atom. The van der Waals surface area contributed by atoms with E-state index in [1.807, 2.05) is 0 Å². The van der Waals surface area contributed by atoms with Gasteiger partial charge in [-0.2, -0.15) is 0 Å². The molecular formula is C17H30BrNS. The minimum absolute atomic E-state index is 0.236. The molecule has 20 heavy (non-hydrogen) atoms. The summed E-state index contributed by atoms with van der Waals surface area (Å²) < 4.78 is 1.19. The van der Waals surface area contributed by atoms with Gasteiger partial charge in [0.2, 0.25) is 0 Å². The van der Waals surface area contributed by atoms with Crippen molar-refractivity contribution in [2.75, 3.05) is 0 Å². The zero-order valence-corrected chi connectivity index (χ0v) is 15.3. The van der Waals surface area contributed by atoms with Crippen LogP contribution >= 0.6 is 27.3 Å². The van der Waals surface area contributed by atoms with Crippen LogP contribution < -0.4 is 5.73 Å². The van der Waals surface area contributed by atoms with Gasteiger partial charge in [0.1, 0.15) is 0 Å². The molecule has 2 N–H and O–H groups in total. The molecule has 1 aromatic heterocycles. The Morgan fingerprint density at radius 1 is 0.950 bits per heavy atom. The molecule has 0 saturated carbocycles. The smallest absolute Gasteiger partial charge is 0.0701 e. The number of rotatable bonds is 12. The number of hydrogen-bond donors (Lipinski definition) is 1. The van der Waals surface area contributed by atoms with Crippen molar-refractivity contribution < 1.29 is 0 Å². The van der Waals surface area contributed by atoms with Crippen LogP contribution in [0, 0.1) is 0 Å². The molecule has 0 aliphatic rings. The molecule has 0 bridgehead atoms. The van der Waals surface area contributed by atoms with Crippen molar-refractivity contribution >= 4 is 27.3 Å². The molecule has 0 aliphatic heterocycles. The van der Waals surface area contributed by atoms with Crippen molar-refractivity contribution in [2.24, 2.45) is 5.73 Å². The zero-order chi connectivity index (χ0) is 14.6. The minimum atomic E-state index is 0.236. The standard InChI is InChI=1S/C17H30BrNS/c1-2-3-4-5-6-7-8-9-10-11-12-15(19)16-13-14-17(18)20-16/h13-15H,2-12,19H2,1H3. The second-order valence-corrected chi connectivity index (χ2v) is 8.21. The van der Waals surface area contributed by atoms with Crippen LogP contribution in [-0.4, -0.2) is 0 Å². The topological polar surface area (TPSA) is 26.0 Å². The van der Waals surface area contributed by atoms with E-state index in [1.165, 1.54) is 72.9 Å². The Labute approximate surface area is 137 Å². The molecule has 1 heterocycles. The number of hydrogen-bond acceptors (Lipinski definition) is 2. The van der Waals surface area contributed by atoms with Crippen molar-refractivity contribution in [1.29, 1.82) is 0 Å². The predicted molar refractivity (Wildman–Crippen MR) is 95.4 cm³/mol. The maximum absolute atomic E-state index is 6.21. The van der Waals surface area contributed by atoms with Gasteiger partial charge >= 0.3 is 0 Å². The highest BCUT2D eigenvalue weighted by Gasteiger charge is 2.07. The SMILES string of the molecule is CCCCCCCCCCCCC(N)c1ccc(Br)s1. The van der Waals surface area contributed by atoms with Crippen LogP contribution in [0.2, 0.25) is 0 Å². The first-order valence-corrected chi connectivity index (χ1v) is 9.85. The largest absolute Gasteiger partial charge is 0.323 e. The third-order valence-corrected chi connectivity index (χ3v) is 5.58. The summed E-state index contributed by atoms with van der Waals surface area (Å²) in [4.78, 5) is 1.31. The summed E-state index contributed by atoms with van der Waals surface area (Å²) >= 11 is 5.26. The van der Waals surface area contributed by atoms with Gasteiger partial charge in [-0.25, -0.2) is 0 Å². The molecule has 0 radical (unpaired) electrons. The first kappa shape index (κ1) is 18.2. The predicted octanol–water partition coefficient (Wildman–Crippen LogP) is 6.82. The summed E-state index contributed by atoms with van der Waals surface area (Å²) in [5.41, 5.74) is 6.21. The Kier molecular flexibility index (Phi) is 10.7. The Hall–Kier alpha value is 0.140. The molecule has 1 atom stereocenters. The van der Waals surface area contributed by atoms with Gasteiger partial charge in [-0.1, -0.05) is 71.1 Å². The van der Waals surface area contributed by atoms with Gasteiger partial charge in [-0.3, -0.25) is 0 Å². The zero-order valence-electron chi connectivity index (χ0n) is 12.9. The fourth-order valence-corrected chi connectivity index (χ4v) is 3.98. The van der Waals surface area contributed by atoms with Crippen LogP contribution in [-0.2, 0) is 0 Å². The van der Waals surface area contributed by atoms with E-state index in [0.717, 1.165) is 6.42 Å². The minimum Gasteiger partial charge on any atom is -0.323 e. The fourth-order valence-electron chi connectivity index (χ4n) is 2.52. The molecule has 0 spiro atoms. The summed E-state index contributed by atoms with van der Waals surface area (Å²) in [5, 5.41) is 0. The van der Waals surface area contributed by atoms with Crippen LogP contribution in [0.1, 0.15) is 88.5 Å². The molecule has 0 aromatic carbocycles. The lowest BCUT2D eigenvalue weighted by molar-refractivity contribution is 0.531. The molecule has 1 aromatic rings. The maximum Gasteiger partial charge on any atom is 0.0701 e. The normalized spacial score (nSPS) is 12.8. The molecule has 1 nitrogen and oxygen atoms in total. The summed E-state index contributed by atoms with van der Waals surface area (Å²) in [6.07, 6.45) is 15.0. The van der Waals surface area contributed by atoms with Gasteiger partial charge in [-0.05, 0) is 34.5 Å². The second-order valence-electron chi connectivity index (χ2n) is 5.72. The molecule has 3 heteroatoms.